The zero-order chi connectivity index (χ0) is 20.1. The van der Waals surface area contributed by atoms with Gasteiger partial charge in [0.15, 0.2) is 0 Å². The molecule has 2 heterocycles. The summed E-state index contributed by atoms with van der Waals surface area (Å²) >= 11 is 1.80. The molecule has 4 bridgehead atoms. The summed E-state index contributed by atoms with van der Waals surface area (Å²) in [6.45, 7) is 5.46. The van der Waals surface area contributed by atoms with Crippen molar-refractivity contribution in [3.8, 4) is 0 Å². The van der Waals surface area contributed by atoms with Gasteiger partial charge in [0.2, 0.25) is 5.91 Å². The molecule has 6 heteroatoms. The molecule has 0 unspecified atom stereocenters. The Bertz CT molecular complexity index is 864. The number of rotatable bonds is 5. The van der Waals surface area contributed by atoms with Crippen LogP contribution < -0.4 is 5.32 Å². The van der Waals surface area contributed by atoms with Gasteiger partial charge in [-0.2, -0.15) is 0 Å². The second-order valence-electron chi connectivity index (χ2n) is 10.4. The quantitative estimate of drug-likeness (QED) is 0.798. The molecule has 1 aliphatic heterocycles. The SMILES string of the molecule is O=C(CN1CCN(Cc2nc3ccccc3s2)CC1)NC12CC3CC(CC(C3)C1)C2. The van der Waals surface area contributed by atoms with Gasteiger partial charge in [0.25, 0.3) is 0 Å². The first kappa shape index (κ1) is 19.2. The standard InChI is InChI=1S/C24H32N4OS/c29-22(26-24-12-17-9-18(13-24)11-19(10-17)14-24)15-27-5-7-28(8-6-27)16-23-25-20-3-1-2-4-21(20)30-23/h1-4,17-19H,5-16H2,(H,26,29). The third kappa shape index (κ3) is 3.78. The van der Waals surface area contributed by atoms with Crippen molar-refractivity contribution >= 4 is 27.5 Å². The van der Waals surface area contributed by atoms with Gasteiger partial charge in [-0.1, -0.05) is 12.1 Å². The first-order valence-corrected chi connectivity index (χ1v) is 12.5. The van der Waals surface area contributed by atoms with Crippen LogP contribution in [0.15, 0.2) is 24.3 Å². The van der Waals surface area contributed by atoms with Crippen LogP contribution in [0.25, 0.3) is 10.2 Å². The van der Waals surface area contributed by atoms with Crippen molar-refractivity contribution in [2.24, 2.45) is 17.8 Å². The van der Waals surface area contributed by atoms with E-state index in [4.69, 9.17) is 4.98 Å². The fourth-order valence-corrected chi connectivity index (χ4v) is 8.10. The van der Waals surface area contributed by atoms with Crippen LogP contribution >= 0.6 is 11.3 Å². The Morgan fingerprint density at radius 1 is 1.00 bits per heavy atom. The topological polar surface area (TPSA) is 48.5 Å². The van der Waals surface area contributed by atoms with E-state index in [0.717, 1.165) is 56.0 Å². The van der Waals surface area contributed by atoms with Gasteiger partial charge < -0.3 is 5.32 Å². The van der Waals surface area contributed by atoms with E-state index < -0.39 is 0 Å². The summed E-state index contributed by atoms with van der Waals surface area (Å²) in [4.78, 5) is 22.5. The van der Waals surface area contributed by atoms with Gasteiger partial charge in [-0.05, 0) is 68.4 Å². The van der Waals surface area contributed by atoms with Crippen molar-refractivity contribution < 1.29 is 4.79 Å². The van der Waals surface area contributed by atoms with Crippen LogP contribution in [0.3, 0.4) is 0 Å². The van der Waals surface area contributed by atoms with Gasteiger partial charge in [-0.3, -0.25) is 14.6 Å². The van der Waals surface area contributed by atoms with Crippen LogP contribution in [0, 0.1) is 17.8 Å². The van der Waals surface area contributed by atoms with Gasteiger partial charge in [0.1, 0.15) is 5.01 Å². The second-order valence-corrected chi connectivity index (χ2v) is 11.5. The molecule has 5 fully saturated rings. The van der Waals surface area contributed by atoms with Crippen molar-refractivity contribution in [2.45, 2.75) is 50.6 Å². The number of thiazole rings is 1. The van der Waals surface area contributed by atoms with E-state index >= 15 is 0 Å². The predicted octanol–water partition coefficient (Wildman–Crippen LogP) is 3.50. The number of carbonyl (C=O) groups excluding carboxylic acids is 1. The molecule has 160 valence electrons. The van der Waals surface area contributed by atoms with Crippen LogP contribution in [0.5, 0.6) is 0 Å². The summed E-state index contributed by atoms with van der Waals surface area (Å²) < 4.78 is 1.27. The Hall–Kier alpha value is -1.50. The maximum Gasteiger partial charge on any atom is 0.234 e. The third-order valence-electron chi connectivity index (χ3n) is 7.97. The Morgan fingerprint density at radius 3 is 2.30 bits per heavy atom. The van der Waals surface area contributed by atoms with Gasteiger partial charge in [-0.25, -0.2) is 4.98 Å². The highest BCUT2D eigenvalue weighted by Gasteiger charge is 2.51. The highest BCUT2D eigenvalue weighted by Crippen LogP contribution is 2.55. The fraction of sp³-hybridized carbons (Fsp3) is 0.667. The van der Waals surface area contributed by atoms with Crippen molar-refractivity contribution in [3.63, 3.8) is 0 Å². The van der Waals surface area contributed by atoms with Crippen molar-refractivity contribution in [1.82, 2.24) is 20.1 Å². The number of benzene rings is 1. The zero-order valence-electron chi connectivity index (χ0n) is 17.7. The highest BCUT2D eigenvalue weighted by molar-refractivity contribution is 7.18. The molecule has 5 aliphatic rings. The van der Waals surface area contributed by atoms with E-state index in [-0.39, 0.29) is 11.4 Å². The number of aromatic nitrogens is 1. The molecule has 4 aliphatic carbocycles. The minimum Gasteiger partial charge on any atom is -0.350 e. The molecule has 4 saturated carbocycles. The minimum atomic E-state index is 0.139. The lowest BCUT2D eigenvalue weighted by molar-refractivity contribution is -0.128. The van der Waals surface area contributed by atoms with E-state index in [2.05, 4.69) is 39.4 Å². The van der Waals surface area contributed by atoms with Crippen LogP contribution in [-0.2, 0) is 11.3 Å². The molecule has 5 nitrogen and oxygen atoms in total. The number of hydrogen-bond acceptors (Lipinski definition) is 5. The van der Waals surface area contributed by atoms with Crippen molar-refractivity contribution in [2.75, 3.05) is 32.7 Å². The molecule has 1 aromatic heterocycles. The van der Waals surface area contributed by atoms with Gasteiger partial charge in [0.05, 0.1) is 23.3 Å². The van der Waals surface area contributed by atoms with E-state index in [0.29, 0.717) is 6.54 Å². The van der Waals surface area contributed by atoms with Crippen molar-refractivity contribution in [3.05, 3.63) is 29.3 Å². The van der Waals surface area contributed by atoms with E-state index in [1.807, 2.05) is 0 Å². The molecular weight excluding hydrogens is 392 g/mol. The maximum atomic E-state index is 12.9. The molecule has 1 saturated heterocycles. The largest absolute Gasteiger partial charge is 0.350 e. The van der Waals surface area contributed by atoms with Gasteiger partial charge >= 0.3 is 0 Å². The average Bonchev–Trinajstić information content (AvgIpc) is 3.10. The molecule has 1 N–H and O–H groups in total. The number of para-hydroxylation sites is 1. The number of fused-ring (bicyclic) bond motifs is 1. The van der Waals surface area contributed by atoms with E-state index in [9.17, 15) is 4.79 Å². The zero-order valence-corrected chi connectivity index (χ0v) is 18.5. The number of carbonyl (C=O) groups is 1. The first-order chi connectivity index (χ1) is 14.6. The lowest BCUT2D eigenvalue weighted by Crippen LogP contribution is -2.61. The lowest BCUT2D eigenvalue weighted by atomic mass is 9.53. The van der Waals surface area contributed by atoms with Crippen LogP contribution in [0.4, 0.5) is 0 Å². The Morgan fingerprint density at radius 2 is 1.63 bits per heavy atom. The highest BCUT2D eigenvalue weighted by atomic mass is 32.1. The molecule has 1 amide bonds. The third-order valence-corrected chi connectivity index (χ3v) is 8.99. The molecule has 30 heavy (non-hydrogen) atoms. The summed E-state index contributed by atoms with van der Waals surface area (Å²) in [6.07, 6.45) is 7.98. The monoisotopic (exact) mass is 424 g/mol. The summed E-state index contributed by atoms with van der Waals surface area (Å²) in [6, 6.07) is 8.38. The Labute approximate surface area is 182 Å². The molecule has 2 aromatic rings. The van der Waals surface area contributed by atoms with E-state index in [1.54, 1.807) is 11.3 Å². The summed E-state index contributed by atoms with van der Waals surface area (Å²) in [7, 11) is 0. The Kier molecular flexibility index (Phi) is 4.85. The van der Waals surface area contributed by atoms with E-state index in [1.165, 1.54) is 48.2 Å². The molecule has 7 rings (SSSR count). The van der Waals surface area contributed by atoms with Crippen LogP contribution in [0.2, 0.25) is 0 Å². The predicted molar refractivity (Wildman–Crippen MR) is 120 cm³/mol. The van der Waals surface area contributed by atoms with Crippen molar-refractivity contribution in [1.29, 1.82) is 0 Å². The number of piperazine rings is 1. The maximum absolute atomic E-state index is 12.9. The average molecular weight is 425 g/mol. The number of amides is 1. The number of nitrogens with one attached hydrogen (secondary N) is 1. The minimum absolute atomic E-state index is 0.139. The molecule has 0 atom stereocenters. The molecule has 1 aromatic carbocycles. The number of nitrogens with zero attached hydrogens (tertiary/aromatic N) is 3. The van der Waals surface area contributed by atoms with Gasteiger partial charge in [0, 0.05) is 31.7 Å². The summed E-state index contributed by atoms with van der Waals surface area (Å²) in [5.41, 5.74) is 1.25. The second kappa shape index (κ2) is 7.57. The van der Waals surface area contributed by atoms with Gasteiger partial charge in [-0.15, -0.1) is 11.3 Å². The molecule has 0 spiro atoms. The normalized spacial score (nSPS) is 33.9. The number of hydrogen-bond donors (Lipinski definition) is 1. The lowest BCUT2D eigenvalue weighted by Gasteiger charge is -2.57. The Balaban J connectivity index is 0.998. The van der Waals surface area contributed by atoms with Crippen LogP contribution in [-0.4, -0.2) is 59.0 Å². The first-order valence-electron chi connectivity index (χ1n) is 11.7. The fourth-order valence-electron chi connectivity index (χ4n) is 7.09. The molecular formula is C24H32N4OS. The summed E-state index contributed by atoms with van der Waals surface area (Å²) in [5, 5.41) is 4.73. The van der Waals surface area contributed by atoms with Crippen LogP contribution in [0.1, 0.15) is 43.5 Å². The molecule has 0 radical (unpaired) electrons. The smallest absolute Gasteiger partial charge is 0.234 e. The summed E-state index contributed by atoms with van der Waals surface area (Å²) in [5.74, 6) is 2.89.